The second kappa shape index (κ2) is 9.01. The van der Waals surface area contributed by atoms with Crippen LogP contribution in [0.2, 0.25) is 5.02 Å². The Kier molecular flexibility index (Phi) is 6.00. The van der Waals surface area contributed by atoms with E-state index >= 15 is 0 Å². The van der Waals surface area contributed by atoms with E-state index in [1.54, 1.807) is 13.2 Å². The summed E-state index contributed by atoms with van der Waals surface area (Å²) in [7, 11) is 1.77. The van der Waals surface area contributed by atoms with Crippen molar-refractivity contribution in [3.05, 3.63) is 71.7 Å². The summed E-state index contributed by atoms with van der Waals surface area (Å²) in [5, 5.41) is 7.53. The number of guanidine groups is 1. The van der Waals surface area contributed by atoms with Gasteiger partial charge < -0.3 is 20.0 Å². The van der Waals surface area contributed by atoms with Gasteiger partial charge in [-0.2, -0.15) is 0 Å². The maximum atomic E-state index is 6.12. The van der Waals surface area contributed by atoms with Crippen LogP contribution in [0.3, 0.4) is 0 Å². The van der Waals surface area contributed by atoms with E-state index in [-0.39, 0.29) is 0 Å². The Labute approximate surface area is 175 Å². The van der Waals surface area contributed by atoms with Crippen LogP contribution in [0.1, 0.15) is 12.3 Å². The van der Waals surface area contributed by atoms with Crippen LogP contribution < -0.4 is 15.5 Å². The van der Waals surface area contributed by atoms with Gasteiger partial charge in [-0.3, -0.25) is 4.99 Å². The fourth-order valence-electron chi connectivity index (χ4n) is 3.46. The van der Waals surface area contributed by atoms with E-state index in [4.69, 9.17) is 16.0 Å². The molecule has 0 saturated carbocycles. The van der Waals surface area contributed by atoms with Gasteiger partial charge in [-0.15, -0.1) is 0 Å². The minimum Gasteiger partial charge on any atom is -0.439 e. The number of aromatic nitrogens is 1. The summed E-state index contributed by atoms with van der Waals surface area (Å²) in [6, 6.07) is 18.2. The first-order chi connectivity index (χ1) is 14.2. The van der Waals surface area contributed by atoms with Gasteiger partial charge >= 0.3 is 0 Å². The molecule has 0 bridgehead atoms. The number of rotatable bonds is 5. The van der Waals surface area contributed by atoms with E-state index in [2.05, 4.69) is 31.6 Å². The summed E-state index contributed by atoms with van der Waals surface area (Å²) in [4.78, 5) is 11.0. The van der Waals surface area contributed by atoms with Gasteiger partial charge in [0.2, 0.25) is 5.89 Å². The van der Waals surface area contributed by atoms with Crippen LogP contribution in [0, 0.1) is 0 Å². The SMILES string of the molecule is CN=C(NCc1ncc(-c2ccccc2)o1)NC1CCN(c2cccc(Cl)c2)C1. The topological polar surface area (TPSA) is 65.7 Å². The normalized spacial score (nSPS) is 16.8. The van der Waals surface area contributed by atoms with E-state index in [0.717, 1.165) is 47.5 Å². The highest BCUT2D eigenvalue weighted by Gasteiger charge is 2.23. The Balaban J connectivity index is 1.30. The lowest BCUT2D eigenvalue weighted by Crippen LogP contribution is -2.44. The number of nitrogens with zero attached hydrogens (tertiary/aromatic N) is 3. The number of hydrogen-bond acceptors (Lipinski definition) is 4. The van der Waals surface area contributed by atoms with Crippen molar-refractivity contribution in [1.82, 2.24) is 15.6 Å². The summed E-state index contributed by atoms with van der Waals surface area (Å²) in [6.45, 7) is 2.35. The lowest BCUT2D eigenvalue weighted by Gasteiger charge is -2.20. The van der Waals surface area contributed by atoms with Crippen molar-refractivity contribution in [3.8, 4) is 11.3 Å². The number of anilines is 1. The highest BCUT2D eigenvalue weighted by molar-refractivity contribution is 6.30. The monoisotopic (exact) mass is 409 g/mol. The van der Waals surface area contributed by atoms with Crippen LogP contribution in [-0.4, -0.2) is 37.1 Å². The molecule has 0 radical (unpaired) electrons. The molecule has 2 aromatic carbocycles. The first-order valence-electron chi connectivity index (χ1n) is 9.69. The third kappa shape index (κ3) is 4.90. The smallest absolute Gasteiger partial charge is 0.214 e. The van der Waals surface area contributed by atoms with Crippen molar-refractivity contribution >= 4 is 23.2 Å². The molecule has 1 saturated heterocycles. The molecule has 1 aliphatic heterocycles. The van der Waals surface area contributed by atoms with Crippen LogP contribution in [0.4, 0.5) is 5.69 Å². The summed E-state index contributed by atoms with van der Waals surface area (Å²) in [6.07, 6.45) is 2.78. The first kappa shape index (κ1) is 19.3. The molecule has 2 N–H and O–H groups in total. The van der Waals surface area contributed by atoms with Crippen molar-refractivity contribution < 1.29 is 4.42 Å². The quantitative estimate of drug-likeness (QED) is 0.493. The van der Waals surface area contributed by atoms with Gasteiger partial charge in [-0.25, -0.2) is 4.98 Å². The maximum Gasteiger partial charge on any atom is 0.214 e. The molecule has 3 aromatic rings. The Morgan fingerprint density at radius 1 is 1.24 bits per heavy atom. The summed E-state index contributed by atoms with van der Waals surface area (Å²) in [5.41, 5.74) is 2.17. The van der Waals surface area contributed by atoms with E-state index < -0.39 is 0 Å². The van der Waals surface area contributed by atoms with Gasteiger partial charge in [-0.1, -0.05) is 48.0 Å². The average Bonchev–Trinajstić information content (AvgIpc) is 3.41. The molecule has 0 aliphatic carbocycles. The zero-order valence-corrected chi connectivity index (χ0v) is 17.1. The van der Waals surface area contributed by atoms with Crippen LogP contribution in [0.5, 0.6) is 0 Å². The molecule has 29 heavy (non-hydrogen) atoms. The fourth-order valence-corrected chi connectivity index (χ4v) is 3.65. The second-order valence-corrected chi connectivity index (χ2v) is 7.40. The van der Waals surface area contributed by atoms with Crippen LogP contribution in [0.25, 0.3) is 11.3 Å². The largest absolute Gasteiger partial charge is 0.439 e. The first-order valence-corrected chi connectivity index (χ1v) is 10.1. The highest BCUT2D eigenvalue weighted by Crippen LogP contribution is 2.23. The predicted octanol–water partition coefficient (Wildman–Crippen LogP) is 3.94. The molecule has 7 heteroatoms. The summed E-state index contributed by atoms with van der Waals surface area (Å²) < 4.78 is 5.84. The van der Waals surface area contributed by atoms with E-state index in [9.17, 15) is 0 Å². The van der Waals surface area contributed by atoms with Crippen LogP contribution >= 0.6 is 11.6 Å². The third-order valence-corrected chi connectivity index (χ3v) is 5.18. The average molecular weight is 410 g/mol. The second-order valence-electron chi connectivity index (χ2n) is 6.97. The third-order valence-electron chi connectivity index (χ3n) is 4.94. The Hall–Kier alpha value is -2.99. The molecule has 0 amide bonds. The van der Waals surface area contributed by atoms with Crippen molar-refractivity contribution in [2.45, 2.75) is 19.0 Å². The number of oxazole rings is 1. The highest BCUT2D eigenvalue weighted by atomic mass is 35.5. The molecule has 0 spiro atoms. The molecular weight excluding hydrogens is 386 g/mol. The van der Waals surface area contributed by atoms with Gasteiger partial charge in [-0.05, 0) is 24.6 Å². The number of hydrogen-bond donors (Lipinski definition) is 2. The van der Waals surface area contributed by atoms with Crippen molar-refractivity contribution in [2.24, 2.45) is 4.99 Å². The molecule has 1 unspecified atom stereocenters. The van der Waals surface area contributed by atoms with Crippen molar-refractivity contribution in [3.63, 3.8) is 0 Å². The molecule has 6 nitrogen and oxygen atoms in total. The Morgan fingerprint density at radius 3 is 2.90 bits per heavy atom. The van der Waals surface area contributed by atoms with Gasteiger partial charge in [0.25, 0.3) is 0 Å². The number of nitrogens with one attached hydrogen (secondary N) is 2. The fraction of sp³-hybridized carbons (Fsp3) is 0.273. The van der Waals surface area contributed by atoms with Gasteiger partial charge in [0.15, 0.2) is 11.7 Å². The summed E-state index contributed by atoms with van der Waals surface area (Å²) >= 11 is 6.12. The number of aliphatic imine (C=N–C) groups is 1. The molecule has 1 aliphatic rings. The molecule has 1 fully saturated rings. The van der Waals surface area contributed by atoms with E-state index in [1.807, 2.05) is 48.5 Å². The number of halogens is 1. The minimum absolute atomic E-state index is 0.310. The van der Waals surface area contributed by atoms with Gasteiger partial charge in [0.1, 0.15) is 0 Å². The molecule has 2 heterocycles. The maximum absolute atomic E-state index is 6.12. The van der Waals surface area contributed by atoms with E-state index in [1.165, 1.54) is 0 Å². The molecule has 150 valence electrons. The van der Waals surface area contributed by atoms with E-state index in [0.29, 0.717) is 18.5 Å². The molecule has 1 aromatic heterocycles. The summed E-state index contributed by atoms with van der Waals surface area (Å²) in [5.74, 6) is 2.12. The lowest BCUT2D eigenvalue weighted by molar-refractivity contribution is 0.496. The standard InChI is InChI=1S/C22H24ClN5O/c1-24-22(26-14-21-25-13-20(29-21)16-6-3-2-4-7-16)27-18-10-11-28(15-18)19-9-5-8-17(23)12-19/h2-9,12-13,18H,10-11,14-15H2,1H3,(H2,24,26,27). The Morgan fingerprint density at radius 2 is 2.10 bits per heavy atom. The number of benzene rings is 2. The zero-order valence-electron chi connectivity index (χ0n) is 16.3. The minimum atomic E-state index is 0.310. The molecule has 1 atom stereocenters. The zero-order chi connectivity index (χ0) is 20.1. The van der Waals surface area contributed by atoms with Crippen molar-refractivity contribution in [2.75, 3.05) is 25.0 Å². The van der Waals surface area contributed by atoms with Crippen molar-refractivity contribution in [1.29, 1.82) is 0 Å². The molecular formula is C22H24ClN5O. The van der Waals surface area contributed by atoms with Crippen LogP contribution in [0.15, 0.2) is 70.2 Å². The Bertz CT molecular complexity index is 972. The molecule has 4 rings (SSSR count). The van der Waals surface area contributed by atoms with Crippen LogP contribution in [-0.2, 0) is 6.54 Å². The van der Waals surface area contributed by atoms with Gasteiger partial charge in [0, 0.05) is 42.5 Å². The van der Waals surface area contributed by atoms with Gasteiger partial charge in [0.05, 0.1) is 12.7 Å². The lowest BCUT2D eigenvalue weighted by atomic mass is 10.2. The predicted molar refractivity (Wildman–Crippen MR) is 117 cm³/mol.